The van der Waals surface area contributed by atoms with Crippen LogP contribution in [0.4, 0.5) is 0 Å². The molecule has 0 aromatic carbocycles. The Hall–Kier alpha value is -0.120. The summed E-state index contributed by atoms with van der Waals surface area (Å²) >= 11 is 0. The van der Waals surface area contributed by atoms with Crippen LogP contribution in [0.1, 0.15) is 45.4 Å². The summed E-state index contributed by atoms with van der Waals surface area (Å²) in [6, 6.07) is 0.724. The van der Waals surface area contributed by atoms with Gasteiger partial charge in [-0.05, 0) is 38.1 Å². The smallest absolute Gasteiger partial charge is 0.0679 e. The minimum atomic E-state index is -0.0689. The number of aliphatic hydroxyl groups is 1. The lowest BCUT2D eigenvalue weighted by atomic mass is 9.84. The molecule has 0 aromatic heterocycles. The van der Waals surface area contributed by atoms with Crippen LogP contribution in [0.25, 0.3) is 0 Å². The van der Waals surface area contributed by atoms with Crippen LogP contribution in [0.2, 0.25) is 0 Å². The van der Waals surface area contributed by atoms with Gasteiger partial charge in [-0.2, -0.15) is 0 Å². The highest BCUT2D eigenvalue weighted by Crippen LogP contribution is 2.26. The van der Waals surface area contributed by atoms with Crippen molar-refractivity contribution in [1.82, 2.24) is 10.2 Å². The first-order chi connectivity index (χ1) is 8.29. The molecule has 0 bridgehead atoms. The van der Waals surface area contributed by atoms with Gasteiger partial charge in [-0.15, -0.1) is 0 Å². The van der Waals surface area contributed by atoms with Gasteiger partial charge in [0.1, 0.15) is 0 Å². The fourth-order valence-electron chi connectivity index (χ4n) is 3.33. The largest absolute Gasteiger partial charge is 0.392 e. The molecule has 2 aliphatic rings. The van der Waals surface area contributed by atoms with E-state index in [1.807, 2.05) is 0 Å². The molecule has 0 radical (unpaired) electrons. The summed E-state index contributed by atoms with van der Waals surface area (Å²) in [6.07, 6.45) is 7.63. The van der Waals surface area contributed by atoms with E-state index >= 15 is 0 Å². The standard InChI is InChI=1S/C14H28N2O/c1-2-8-15-14-6-4-3-5-12(14)10-16-9-7-13(17)11-16/h12-15,17H,2-11H2,1H3. The van der Waals surface area contributed by atoms with Crippen molar-refractivity contribution in [2.45, 2.75) is 57.6 Å². The number of likely N-dealkylation sites (tertiary alicyclic amines) is 1. The molecular formula is C14H28N2O. The van der Waals surface area contributed by atoms with Crippen molar-refractivity contribution >= 4 is 0 Å². The van der Waals surface area contributed by atoms with E-state index < -0.39 is 0 Å². The third kappa shape index (κ3) is 3.94. The Balaban J connectivity index is 1.79. The van der Waals surface area contributed by atoms with Crippen molar-refractivity contribution in [1.29, 1.82) is 0 Å². The summed E-state index contributed by atoms with van der Waals surface area (Å²) in [6.45, 7) is 6.58. The van der Waals surface area contributed by atoms with Gasteiger partial charge in [0.15, 0.2) is 0 Å². The van der Waals surface area contributed by atoms with E-state index in [9.17, 15) is 5.11 Å². The van der Waals surface area contributed by atoms with E-state index in [0.717, 1.165) is 38.0 Å². The van der Waals surface area contributed by atoms with Crippen LogP contribution in [0.15, 0.2) is 0 Å². The average Bonchev–Trinajstić information content (AvgIpc) is 2.74. The molecule has 3 unspecified atom stereocenters. The number of nitrogens with one attached hydrogen (secondary N) is 1. The second-order valence-corrected chi connectivity index (χ2v) is 5.81. The van der Waals surface area contributed by atoms with Gasteiger partial charge in [0, 0.05) is 25.7 Å². The Bertz CT molecular complexity index is 222. The van der Waals surface area contributed by atoms with E-state index in [-0.39, 0.29) is 6.10 Å². The fourth-order valence-corrected chi connectivity index (χ4v) is 3.33. The molecule has 0 spiro atoms. The zero-order valence-corrected chi connectivity index (χ0v) is 11.2. The van der Waals surface area contributed by atoms with Crippen LogP contribution >= 0.6 is 0 Å². The number of hydrogen-bond acceptors (Lipinski definition) is 3. The summed E-state index contributed by atoms with van der Waals surface area (Å²) in [5.41, 5.74) is 0. The van der Waals surface area contributed by atoms with Crippen molar-refractivity contribution in [3.8, 4) is 0 Å². The third-order valence-electron chi connectivity index (χ3n) is 4.31. The molecule has 3 atom stereocenters. The van der Waals surface area contributed by atoms with Gasteiger partial charge >= 0.3 is 0 Å². The second-order valence-electron chi connectivity index (χ2n) is 5.81. The van der Waals surface area contributed by atoms with Gasteiger partial charge in [0.05, 0.1) is 6.10 Å². The second kappa shape index (κ2) is 6.72. The van der Waals surface area contributed by atoms with Crippen LogP contribution < -0.4 is 5.32 Å². The minimum absolute atomic E-state index is 0.0689. The predicted octanol–water partition coefficient (Wildman–Crippen LogP) is 1.61. The lowest BCUT2D eigenvalue weighted by molar-refractivity contribution is 0.152. The molecule has 2 N–H and O–H groups in total. The first-order valence-electron chi connectivity index (χ1n) is 7.43. The maximum atomic E-state index is 9.58. The Morgan fingerprint density at radius 3 is 2.76 bits per heavy atom. The van der Waals surface area contributed by atoms with Crippen molar-refractivity contribution in [3.05, 3.63) is 0 Å². The molecule has 3 heteroatoms. The number of aliphatic hydroxyl groups excluding tert-OH is 1. The Morgan fingerprint density at radius 1 is 1.24 bits per heavy atom. The molecule has 0 aromatic rings. The van der Waals surface area contributed by atoms with Gasteiger partial charge in [0.2, 0.25) is 0 Å². The van der Waals surface area contributed by atoms with Crippen molar-refractivity contribution in [2.75, 3.05) is 26.2 Å². The van der Waals surface area contributed by atoms with Gasteiger partial charge in [-0.1, -0.05) is 19.8 Å². The van der Waals surface area contributed by atoms with E-state index in [4.69, 9.17) is 0 Å². The van der Waals surface area contributed by atoms with Gasteiger partial charge in [-0.25, -0.2) is 0 Å². The Labute approximate surface area is 106 Å². The molecular weight excluding hydrogens is 212 g/mol. The lowest BCUT2D eigenvalue weighted by Crippen LogP contribution is -2.44. The number of rotatable bonds is 5. The molecule has 1 saturated carbocycles. The third-order valence-corrected chi connectivity index (χ3v) is 4.31. The molecule has 100 valence electrons. The summed E-state index contributed by atoms with van der Waals surface area (Å²) in [5.74, 6) is 0.806. The van der Waals surface area contributed by atoms with Crippen molar-refractivity contribution in [2.24, 2.45) is 5.92 Å². The highest BCUT2D eigenvalue weighted by Gasteiger charge is 2.29. The highest BCUT2D eigenvalue weighted by atomic mass is 16.3. The van der Waals surface area contributed by atoms with Crippen molar-refractivity contribution in [3.63, 3.8) is 0 Å². The predicted molar refractivity (Wildman–Crippen MR) is 71.1 cm³/mol. The van der Waals surface area contributed by atoms with Gasteiger partial charge < -0.3 is 15.3 Å². The highest BCUT2D eigenvalue weighted by molar-refractivity contribution is 4.85. The first kappa shape index (κ1) is 13.3. The van der Waals surface area contributed by atoms with E-state index in [1.165, 1.54) is 38.6 Å². The van der Waals surface area contributed by atoms with Crippen LogP contribution in [0, 0.1) is 5.92 Å². The minimum Gasteiger partial charge on any atom is -0.392 e. The molecule has 1 saturated heterocycles. The van der Waals surface area contributed by atoms with Crippen LogP contribution in [0.5, 0.6) is 0 Å². The molecule has 1 aliphatic carbocycles. The van der Waals surface area contributed by atoms with Crippen LogP contribution in [0.3, 0.4) is 0 Å². The maximum absolute atomic E-state index is 9.58. The first-order valence-corrected chi connectivity index (χ1v) is 7.43. The maximum Gasteiger partial charge on any atom is 0.0679 e. The summed E-state index contributed by atoms with van der Waals surface area (Å²) < 4.78 is 0. The molecule has 2 fully saturated rings. The molecule has 1 heterocycles. The quantitative estimate of drug-likeness (QED) is 0.766. The number of nitrogens with zero attached hydrogens (tertiary/aromatic N) is 1. The van der Waals surface area contributed by atoms with Gasteiger partial charge in [-0.3, -0.25) is 0 Å². The molecule has 17 heavy (non-hydrogen) atoms. The number of hydrogen-bond donors (Lipinski definition) is 2. The van der Waals surface area contributed by atoms with E-state index in [1.54, 1.807) is 0 Å². The summed E-state index contributed by atoms with van der Waals surface area (Å²) in [5, 5.41) is 13.3. The van der Waals surface area contributed by atoms with Gasteiger partial charge in [0.25, 0.3) is 0 Å². The normalized spacial score (nSPS) is 35.3. The molecule has 1 aliphatic heterocycles. The summed E-state index contributed by atoms with van der Waals surface area (Å²) in [4.78, 5) is 2.46. The molecule has 3 nitrogen and oxygen atoms in total. The lowest BCUT2D eigenvalue weighted by Gasteiger charge is -2.35. The average molecular weight is 240 g/mol. The van der Waals surface area contributed by atoms with E-state index in [2.05, 4.69) is 17.1 Å². The van der Waals surface area contributed by atoms with Crippen LogP contribution in [-0.2, 0) is 0 Å². The number of β-amino-alcohol motifs (C(OH)–C–C–N with tert-alkyl or cyclic N) is 1. The fraction of sp³-hybridized carbons (Fsp3) is 1.00. The van der Waals surface area contributed by atoms with Crippen molar-refractivity contribution < 1.29 is 5.11 Å². The van der Waals surface area contributed by atoms with Crippen LogP contribution in [-0.4, -0.2) is 48.3 Å². The zero-order chi connectivity index (χ0) is 12.1. The topological polar surface area (TPSA) is 35.5 Å². The monoisotopic (exact) mass is 240 g/mol. The summed E-state index contributed by atoms with van der Waals surface area (Å²) in [7, 11) is 0. The Morgan fingerprint density at radius 2 is 2.06 bits per heavy atom. The van der Waals surface area contributed by atoms with E-state index in [0.29, 0.717) is 0 Å². The zero-order valence-electron chi connectivity index (χ0n) is 11.2. The Kier molecular flexibility index (Phi) is 5.26. The molecule has 0 amide bonds. The SMILES string of the molecule is CCCNC1CCCCC1CN1CCC(O)C1. The molecule has 2 rings (SSSR count).